The maximum absolute atomic E-state index is 13.3. The van der Waals surface area contributed by atoms with Gasteiger partial charge in [-0.25, -0.2) is 4.98 Å². The molecule has 2 atom stereocenters. The number of carbonyl (C=O) groups is 2. The van der Waals surface area contributed by atoms with Crippen molar-refractivity contribution >= 4 is 33.4 Å². The van der Waals surface area contributed by atoms with E-state index >= 15 is 0 Å². The zero-order chi connectivity index (χ0) is 21.8. The number of rotatable bonds is 6. The van der Waals surface area contributed by atoms with Crippen LogP contribution in [0, 0.1) is 5.92 Å². The molecule has 0 spiro atoms. The molecule has 3 aromatic rings. The average molecular weight is 436 g/mol. The van der Waals surface area contributed by atoms with Gasteiger partial charge in [0.1, 0.15) is 6.04 Å². The molecule has 1 aromatic heterocycles. The maximum Gasteiger partial charge on any atom is 0.251 e. The SMILES string of the molecule is CCC(C)C(NC(=O)c1ccccc1)C(=O)N1CCC(c2nc3ccccc3s2)CC1. The second-order valence-electron chi connectivity index (χ2n) is 8.32. The van der Waals surface area contributed by atoms with Gasteiger partial charge in [-0.05, 0) is 43.0 Å². The van der Waals surface area contributed by atoms with Crippen LogP contribution in [-0.4, -0.2) is 40.8 Å². The van der Waals surface area contributed by atoms with Crippen LogP contribution in [0.5, 0.6) is 0 Å². The number of nitrogens with zero attached hydrogens (tertiary/aromatic N) is 2. The highest BCUT2D eigenvalue weighted by atomic mass is 32.1. The molecule has 0 saturated carbocycles. The van der Waals surface area contributed by atoms with Crippen molar-refractivity contribution in [3.8, 4) is 0 Å². The van der Waals surface area contributed by atoms with E-state index in [0.29, 0.717) is 24.6 Å². The summed E-state index contributed by atoms with van der Waals surface area (Å²) in [7, 11) is 0. The number of fused-ring (bicyclic) bond motifs is 1. The summed E-state index contributed by atoms with van der Waals surface area (Å²) in [5, 5.41) is 4.17. The molecule has 1 N–H and O–H groups in total. The largest absolute Gasteiger partial charge is 0.341 e. The summed E-state index contributed by atoms with van der Waals surface area (Å²) in [5.41, 5.74) is 1.64. The number of piperidine rings is 1. The molecule has 2 heterocycles. The molecule has 0 aliphatic carbocycles. The van der Waals surface area contributed by atoms with Crippen molar-refractivity contribution in [1.82, 2.24) is 15.2 Å². The molecular weight excluding hydrogens is 406 g/mol. The number of thiazole rings is 1. The smallest absolute Gasteiger partial charge is 0.251 e. The minimum absolute atomic E-state index is 0.0291. The number of benzene rings is 2. The van der Waals surface area contributed by atoms with Crippen molar-refractivity contribution in [3.05, 3.63) is 65.2 Å². The van der Waals surface area contributed by atoms with Crippen molar-refractivity contribution in [3.63, 3.8) is 0 Å². The van der Waals surface area contributed by atoms with E-state index in [0.717, 1.165) is 24.8 Å². The number of nitrogens with one attached hydrogen (secondary N) is 1. The standard InChI is InChI=1S/C25H29N3O2S/c1-3-17(2)22(27-23(29)18-9-5-4-6-10-18)25(30)28-15-13-19(14-16-28)24-26-20-11-7-8-12-21(20)31-24/h4-12,17,19,22H,3,13-16H2,1-2H3,(H,27,29). The van der Waals surface area contributed by atoms with Gasteiger partial charge in [0.15, 0.2) is 0 Å². The number of amides is 2. The van der Waals surface area contributed by atoms with E-state index in [1.165, 1.54) is 9.71 Å². The lowest BCUT2D eigenvalue weighted by Gasteiger charge is -2.35. The third kappa shape index (κ3) is 4.79. The molecule has 1 aliphatic heterocycles. The van der Waals surface area contributed by atoms with Crippen LogP contribution in [-0.2, 0) is 4.79 Å². The van der Waals surface area contributed by atoms with Gasteiger partial charge in [0.05, 0.1) is 15.2 Å². The van der Waals surface area contributed by atoms with E-state index in [4.69, 9.17) is 4.98 Å². The van der Waals surface area contributed by atoms with E-state index in [9.17, 15) is 9.59 Å². The van der Waals surface area contributed by atoms with Gasteiger partial charge in [-0.15, -0.1) is 11.3 Å². The number of para-hydroxylation sites is 1. The van der Waals surface area contributed by atoms with Crippen molar-refractivity contribution in [2.45, 2.75) is 45.1 Å². The Bertz CT molecular complexity index is 1010. The Balaban J connectivity index is 1.41. The minimum Gasteiger partial charge on any atom is -0.341 e. The summed E-state index contributed by atoms with van der Waals surface area (Å²) >= 11 is 1.76. The number of carbonyl (C=O) groups excluding carboxylic acids is 2. The molecule has 31 heavy (non-hydrogen) atoms. The Labute approximate surface area is 187 Å². The summed E-state index contributed by atoms with van der Waals surface area (Å²) in [6, 6.07) is 16.8. The van der Waals surface area contributed by atoms with Crippen LogP contribution >= 0.6 is 11.3 Å². The van der Waals surface area contributed by atoms with Gasteiger partial charge in [-0.3, -0.25) is 9.59 Å². The number of aromatic nitrogens is 1. The van der Waals surface area contributed by atoms with E-state index in [1.54, 1.807) is 23.5 Å². The normalized spacial score (nSPS) is 16.8. The molecule has 6 heteroatoms. The number of hydrogen-bond acceptors (Lipinski definition) is 4. The molecule has 1 saturated heterocycles. The van der Waals surface area contributed by atoms with Gasteiger partial charge in [-0.2, -0.15) is 0 Å². The Morgan fingerprint density at radius 2 is 1.77 bits per heavy atom. The first-order valence-corrected chi connectivity index (χ1v) is 11.9. The molecule has 4 rings (SSSR count). The molecule has 5 nitrogen and oxygen atoms in total. The monoisotopic (exact) mass is 435 g/mol. The minimum atomic E-state index is -0.503. The first kappa shape index (κ1) is 21.5. The predicted molar refractivity (Wildman–Crippen MR) is 125 cm³/mol. The molecule has 162 valence electrons. The summed E-state index contributed by atoms with van der Waals surface area (Å²) in [5.74, 6) is 0.301. The highest BCUT2D eigenvalue weighted by molar-refractivity contribution is 7.18. The van der Waals surface area contributed by atoms with Gasteiger partial charge >= 0.3 is 0 Å². The Morgan fingerprint density at radius 3 is 2.45 bits per heavy atom. The lowest BCUT2D eigenvalue weighted by Crippen LogP contribution is -2.53. The van der Waals surface area contributed by atoms with Crippen LogP contribution in [0.1, 0.15) is 54.4 Å². The van der Waals surface area contributed by atoms with E-state index in [1.807, 2.05) is 42.2 Å². The molecule has 1 aliphatic rings. The van der Waals surface area contributed by atoms with Crippen LogP contribution in [0.3, 0.4) is 0 Å². The summed E-state index contributed by atoms with van der Waals surface area (Å²) in [6.45, 7) is 5.49. The molecule has 2 aromatic carbocycles. The maximum atomic E-state index is 13.3. The molecule has 0 bridgehead atoms. The van der Waals surface area contributed by atoms with Crippen molar-refractivity contribution < 1.29 is 9.59 Å². The zero-order valence-corrected chi connectivity index (χ0v) is 18.9. The fourth-order valence-electron chi connectivity index (χ4n) is 4.11. The highest BCUT2D eigenvalue weighted by Gasteiger charge is 2.33. The topological polar surface area (TPSA) is 62.3 Å². The van der Waals surface area contributed by atoms with Crippen LogP contribution in [0.2, 0.25) is 0 Å². The van der Waals surface area contributed by atoms with Crippen LogP contribution in [0.4, 0.5) is 0 Å². The van der Waals surface area contributed by atoms with E-state index < -0.39 is 6.04 Å². The Morgan fingerprint density at radius 1 is 1.10 bits per heavy atom. The van der Waals surface area contributed by atoms with Gasteiger partial charge in [0.2, 0.25) is 5.91 Å². The van der Waals surface area contributed by atoms with Gasteiger partial charge in [0.25, 0.3) is 5.91 Å². The van der Waals surface area contributed by atoms with Crippen molar-refractivity contribution in [2.24, 2.45) is 5.92 Å². The summed E-state index contributed by atoms with van der Waals surface area (Å²) in [4.78, 5) is 32.8. The average Bonchev–Trinajstić information content (AvgIpc) is 3.26. The fraction of sp³-hybridized carbons (Fsp3) is 0.400. The Hall–Kier alpha value is -2.73. The van der Waals surface area contributed by atoms with Gasteiger partial charge < -0.3 is 10.2 Å². The van der Waals surface area contributed by atoms with Crippen LogP contribution in [0.25, 0.3) is 10.2 Å². The molecule has 1 fully saturated rings. The van der Waals surface area contributed by atoms with Crippen LogP contribution in [0.15, 0.2) is 54.6 Å². The van der Waals surface area contributed by atoms with E-state index in [2.05, 4.69) is 24.4 Å². The lowest BCUT2D eigenvalue weighted by molar-refractivity contribution is -0.135. The van der Waals surface area contributed by atoms with E-state index in [-0.39, 0.29) is 17.7 Å². The first-order valence-electron chi connectivity index (χ1n) is 11.1. The molecule has 2 amide bonds. The summed E-state index contributed by atoms with van der Waals surface area (Å²) in [6.07, 6.45) is 2.64. The first-order chi connectivity index (χ1) is 15.1. The third-order valence-corrected chi connectivity index (χ3v) is 7.47. The second-order valence-corrected chi connectivity index (χ2v) is 9.38. The predicted octanol–water partition coefficient (Wildman–Crippen LogP) is 4.85. The van der Waals surface area contributed by atoms with Crippen LogP contribution < -0.4 is 5.32 Å². The van der Waals surface area contributed by atoms with Gasteiger partial charge in [-0.1, -0.05) is 50.6 Å². The lowest BCUT2D eigenvalue weighted by atomic mass is 9.93. The summed E-state index contributed by atoms with van der Waals surface area (Å²) < 4.78 is 1.22. The molecule has 2 unspecified atom stereocenters. The molecule has 0 radical (unpaired) electrons. The molecular formula is C25H29N3O2S. The van der Waals surface area contributed by atoms with Crippen molar-refractivity contribution in [2.75, 3.05) is 13.1 Å². The zero-order valence-electron chi connectivity index (χ0n) is 18.1. The number of likely N-dealkylation sites (tertiary alicyclic amines) is 1. The second kappa shape index (κ2) is 9.60. The third-order valence-electron chi connectivity index (χ3n) is 6.27. The fourth-order valence-corrected chi connectivity index (χ4v) is 5.24. The quantitative estimate of drug-likeness (QED) is 0.602. The highest BCUT2D eigenvalue weighted by Crippen LogP contribution is 2.34. The Kier molecular flexibility index (Phi) is 6.66. The van der Waals surface area contributed by atoms with Crippen molar-refractivity contribution in [1.29, 1.82) is 0 Å². The number of hydrogen-bond donors (Lipinski definition) is 1. The van der Waals surface area contributed by atoms with Gasteiger partial charge in [0, 0.05) is 24.6 Å².